The predicted molar refractivity (Wildman–Crippen MR) is 105 cm³/mol. The van der Waals surface area contributed by atoms with Crippen LogP contribution in [0.3, 0.4) is 0 Å². The molecule has 1 heterocycles. The lowest BCUT2D eigenvalue weighted by atomic mass is 10.1. The summed E-state index contributed by atoms with van der Waals surface area (Å²) in [6.07, 6.45) is 4.18. The molecule has 0 aromatic carbocycles. The summed E-state index contributed by atoms with van der Waals surface area (Å²) in [6, 6.07) is 0.446. The zero-order valence-electron chi connectivity index (χ0n) is 17.2. The Bertz CT molecular complexity index is 556. The van der Waals surface area contributed by atoms with Crippen molar-refractivity contribution >= 4 is 23.5 Å². The third-order valence-corrected chi connectivity index (χ3v) is 4.66. The number of carbonyl (C=O) groups excluding carboxylic acids is 4. The normalized spacial score (nSPS) is 14.8. The maximum absolute atomic E-state index is 11.8. The number of nitrogens with zero attached hydrogens (tertiary/aromatic N) is 1. The van der Waals surface area contributed by atoms with E-state index in [2.05, 4.69) is 31.4 Å². The molecular formula is C20H33N3O5. The van der Waals surface area contributed by atoms with Gasteiger partial charge in [-0.25, -0.2) is 0 Å². The number of hydrogen-bond donors (Lipinski definition) is 2. The SMILES string of the molecule is CC(C)[C@@H](C)NCCCC(=O)CCOCCNC(=O)CCN1C(=O)C=CC1=O. The van der Waals surface area contributed by atoms with Crippen LogP contribution >= 0.6 is 0 Å². The molecule has 28 heavy (non-hydrogen) atoms. The van der Waals surface area contributed by atoms with Crippen molar-refractivity contribution in [1.82, 2.24) is 15.5 Å². The molecule has 158 valence electrons. The van der Waals surface area contributed by atoms with Crippen molar-refractivity contribution in [3.05, 3.63) is 12.2 Å². The number of carbonyl (C=O) groups is 4. The van der Waals surface area contributed by atoms with Crippen LogP contribution in [-0.4, -0.2) is 67.3 Å². The van der Waals surface area contributed by atoms with Crippen molar-refractivity contribution in [2.75, 3.05) is 32.8 Å². The first-order chi connectivity index (χ1) is 13.3. The number of amides is 3. The summed E-state index contributed by atoms with van der Waals surface area (Å²) < 4.78 is 5.36. The minimum absolute atomic E-state index is 0.0567. The Morgan fingerprint density at radius 1 is 1.00 bits per heavy atom. The molecule has 0 aliphatic carbocycles. The van der Waals surface area contributed by atoms with Crippen molar-refractivity contribution in [1.29, 1.82) is 0 Å². The lowest BCUT2D eigenvalue weighted by Gasteiger charge is -2.17. The summed E-state index contributed by atoms with van der Waals surface area (Å²) in [5.74, 6) is -0.286. The van der Waals surface area contributed by atoms with E-state index >= 15 is 0 Å². The van der Waals surface area contributed by atoms with Crippen molar-refractivity contribution in [3.63, 3.8) is 0 Å². The first-order valence-corrected chi connectivity index (χ1v) is 9.94. The zero-order valence-corrected chi connectivity index (χ0v) is 17.2. The maximum Gasteiger partial charge on any atom is 0.253 e. The van der Waals surface area contributed by atoms with E-state index in [-0.39, 0.29) is 24.7 Å². The topological polar surface area (TPSA) is 105 Å². The standard InChI is InChI=1S/C20H33N3O5/c1-15(2)16(3)21-10-4-5-17(24)9-13-28-14-11-22-18(25)8-12-23-19(26)6-7-20(23)27/h6-7,15-16,21H,4-5,8-14H2,1-3H3,(H,22,25)/t16-/m1/s1. The molecule has 0 bridgehead atoms. The molecule has 2 N–H and O–H groups in total. The molecule has 8 nitrogen and oxygen atoms in total. The fraction of sp³-hybridized carbons (Fsp3) is 0.700. The van der Waals surface area contributed by atoms with Gasteiger partial charge in [0.05, 0.1) is 13.2 Å². The number of imide groups is 1. The molecule has 1 atom stereocenters. The first kappa shape index (κ1) is 24.0. The molecule has 1 aliphatic heterocycles. The van der Waals surface area contributed by atoms with Crippen LogP contribution in [0, 0.1) is 5.92 Å². The first-order valence-electron chi connectivity index (χ1n) is 9.94. The molecule has 1 aliphatic rings. The summed E-state index contributed by atoms with van der Waals surface area (Å²) in [5.41, 5.74) is 0. The van der Waals surface area contributed by atoms with E-state index in [1.165, 1.54) is 12.2 Å². The number of hydrogen-bond acceptors (Lipinski definition) is 6. The summed E-state index contributed by atoms with van der Waals surface area (Å²) in [5, 5.41) is 6.06. The van der Waals surface area contributed by atoms with Gasteiger partial charge in [-0.15, -0.1) is 0 Å². The van der Waals surface area contributed by atoms with E-state index in [1.54, 1.807) is 0 Å². The summed E-state index contributed by atoms with van der Waals surface area (Å²) in [4.78, 5) is 47.2. The highest BCUT2D eigenvalue weighted by Crippen LogP contribution is 2.04. The van der Waals surface area contributed by atoms with E-state index in [0.717, 1.165) is 17.9 Å². The number of Topliss-reactive ketones (excluding diaryl/α,β-unsaturated/α-hetero) is 1. The van der Waals surface area contributed by atoms with Crippen LogP contribution in [0.4, 0.5) is 0 Å². The van der Waals surface area contributed by atoms with Crippen LogP contribution in [0.2, 0.25) is 0 Å². The van der Waals surface area contributed by atoms with E-state index in [9.17, 15) is 19.2 Å². The fourth-order valence-corrected chi connectivity index (χ4v) is 2.48. The smallest absolute Gasteiger partial charge is 0.253 e. The molecule has 1 rings (SSSR count). The second-order valence-corrected chi connectivity index (χ2v) is 7.25. The van der Waals surface area contributed by atoms with Crippen LogP contribution < -0.4 is 10.6 Å². The quantitative estimate of drug-likeness (QED) is 0.314. The maximum atomic E-state index is 11.8. The van der Waals surface area contributed by atoms with E-state index < -0.39 is 11.8 Å². The monoisotopic (exact) mass is 395 g/mol. The second-order valence-electron chi connectivity index (χ2n) is 7.25. The molecule has 8 heteroatoms. The van der Waals surface area contributed by atoms with Crippen LogP contribution in [0.1, 0.15) is 46.5 Å². The van der Waals surface area contributed by atoms with Gasteiger partial charge >= 0.3 is 0 Å². The van der Waals surface area contributed by atoms with Gasteiger partial charge in [0, 0.05) is 50.5 Å². The van der Waals surface area contributed by atoms with Gasteiger partial charge < -0.3 is 15.4 Å². The number of ketones is 1. The van der Waals surface area contributed by atoms with Crippen molar-refractivity contribution in [2.45, 2.75) is 52.5 Å². The lowest BCUT2D eigenvalue weighted by molar-refractivity contribution is -0.137. The van der Waals surface area contributed by atoms with Crippen LogP contribution in [0.25, 0.3) is 0 Å². The van der Waals surface area contributed by atoms with Crippen LogP contribution in [0.5, 0.6) is 0 Å². The van der Waals surface area contributed by atoms with Gasteiger partial charge in [-0.3, -0.25) is 24.1 Å². The van der Waals surface area contributed by atoms with Gasteiger partial charge in [-0.2, -0.15) is 0 Å². The molecule has 0 radical (unpaired) electrons. The largest absolute Gasteiger partial charge is 0.379 e. The lowest BCUT2D eigenvalue weighted by Crippen LogP contribution is -2.35. The molecule has 0 fully saturated rings. The Morgan fingerprint density at radius 2 is 1.68 bits per heavy atom. The molecule has 0 saturated carbocycles. The highest BCUT2D eigenvalue weighted by Gasteiger charge is 2.23. The van der Waals surface area contributed by atoms with Gasteiger partial charge in [-0.1, -0.05) is 13.8 Å². The summed E-state index contributed by atoms with van der Waals surface area (Å²) >= 11 is 0. The average Bonchev–Trinajstić information content (AvgIpc) is 2.97. The molecule has 3 amide bonds. The van der Waals surface area contributed by atoms with Crippen LogP contribution in [0.15, 0.2) is 12.2 Å². The molecule has 0 aromatic heterocycles. The number of ether oxygens (including phenoxy) is 1. The third-order valence-electron chi connectivity index (χ3n) is 4.66. The zero-order chi connectivity index (χ0) is 20.9. The van der Waals surface area contributed by atoms with E-state index in [4.69, 9.17) is 4.74 Å². The number of rotatable bonds is 15. The van der Waals surface area contributed by atoms with Gasteiger partial charge in [-0.05, 0) is 25.8 Å². The Hall–Kier alpha value is -2.06. The Labute approximate surface area is 167 Å². The minimum Gasteiger partial charge on any atom is -0.379 e. The average molecular weight is 396 g/mol. The molecule has 0 spiro atoms. The molecule has 0 unspecified atom stereocenters. The molecular weight excluding hydrogens is 362 g/mol. The van der Waals surface area contributed by atoms with Crippen molar-refractivity contribution in [3.8, 4) is 0 Å². The summed E-state index contributed by atoms with van der Waals surface area (Å²) in [6.45, 7) is 8.35. The second kappa shape index (κ2) is 13.2. The summed E-state index contributed by atoms with van der Waals surface area (Å²) in [7, 11) is 0. The third kappa shape index (κ3) is 9.75. The minimum atomic E-state index is -0.393. The van der Waals surface area contributed by atoms with Gasteiger partial charge in [0.1, 0.15) is 5.78 Å². The highest BCUT2D eigenvalue weighted by atomic mass is 16.5. The van der Waals surface area contributed by atoms with E-state index in [0.29, 0.717) is 44.6 Å². The number of nitrogens with one attached hydrogen (secondary N) is 2. The highest BCUT2D eigenvalue weighted by molar-refractivity contribution is 6.13. The van der Waals surface area contributed by atoms with E-state index in [1.807, 2.05) is 0 Å². The van der Waals surface area contributed by atoms with Crippen LogP contribution in [-0.2, 0) is 23.9 Å². The fourth-order valence-electron chi connectivity index (χ4n) is 2.48. The molecule has 0 saturated heterocycles. The van der Waals surface area contributed by atoms with Crippen molar-refractivity contribution < 1.29 is 23.9 Å². The van der Waals surface area contributed by atoms with Gasteiger partial charge in [0.25, 0.3) is 11.8 Å². The van der Waals surface area contributed by atoms with Gasteiger partial charge in [0.2, 0.25) is 5.91 Å². The molecule has 0 aromatic rings. The Balaban J connectivity index is 1.95. The Morgan fingerprint density at radius 3 is 2.32 bits per heavy atom. The van der Waals surface area contributed by atoms with Crippen molar-refractivity contribution in [2.24, 2.45) is 5.92 Å². The van der Waals surface area contributed by atoms with Gasteiger partial charge in [0.15, 0.2) is 0 Å². The predicted octanol–water partition coefficient (Wildman–Crippen LogP) is 0.808. The Kier molecular flexibility index (Phi) is 11.3.